The van der Waals surface area contributed by atoms with Crippen LogP contribution in [0.2, 0.25) is 0 Å². The minimum absolute atomic E-state index is 0.187. The molecule has 2 aliphatic heterocycles. The lowest BCUT2D eigenvalue weighted by Gasteiger charge is -2.24. The minimum Gasteiger partial charge on any atom is -0.340 e. The van der Waals surface area contributed by atoms with Gasteiger partial charge in [0, 0.05) is 57.4 Å². The average Bonchev–Trinajstić information content (AvgIpc) is 3.07. The first-order valence-electron chi connectivity index (χ1n) is 8.60. The zero-order valence-corrected chi connectivity index (χ0v) is 14.0. The van der Waals surface area contributed by atoms with Crippen LogP contribution in [0.4, 0.5) is 8.78 Å². The van der Waals surface area contributed by atoms with Crippen LogP contribution < -0.4 is 5.32 Å². The third-order valence-electron chi connectivity index (χ3n) is 4.73. The van der Waals surface area contributed by atoms with Gasteiger partial charge in [-0.2, -0.15) is 5.10 Å². The van der Waals surface area contributed by atoms with Crippen LogP contribution in [-0.4, -0.2) is 70.2 Å². The lowest BCUT2D eigenvalue weighted by atomic mass is 10.1. The minimum atomic E-state index is -2.77. The summed E-state index contributed by atoms with van der Waals surface area (Å²) in [5.74, 6) is -2.95. The van der Waals surface area contributed by atoms with E-state index in [2.05, 4.69) is 15.3 Å². The van der Waals surface area contributed by atoms with Gasteiger partial charge in [0.1, 0.15) is 0 Å². The number of hydrogen-bond acceptors (Lipinski definition) is 4. The normalized spacial score (nSPS) is 25.0. The highest BCUT2D eigenvalue weighted by Gasteiger charge is 2.43. The molecule has 0 aliphatic carbocycles. The topological polar surface area (TPSA) is 53.4 Å². The Morgan fingerprint density at radius 2 is 2.21 bits per heavy atom. The quantitative estimate of drug-likeness (QED) is 0.885. The van der Waals surface area contributed by atoms with E-state index >= 15 is 0 Å². The number of carbonyl (C=O) groups is 1. The molecular weight excluding hydrogens is 316 g/mol. The van der Waals surface area contributed by atoms with Crippen LogP contribution in [0.1, 0.15) is 25.3 Å². The van der Waals surface area contributed by atoms with Crippen molar-refractivity contribution in [3.05, 3.63) is 18.0 Å². The first kappa shape index (κ1) is 17.3. The van der Waals surface area contributed by atoms with Gasteiger partial charge in [-0.3, -0.25) is 19.7 Å². The number of nitrogens with zero attached hydrogens (tertiary/aromatic N) is 4. The summed E-state index contributed by atoms with van der Waals surface area (Å²) in [6.45, 7) is 6.18. The molecule has 8 heteroatoms. The Hall–Kier alpha value is -1.54. The molecule has 1 atom stereocenters. The fourth-order valence-corrected chi connectivity index (χ4v) is 3.38. The molecule has 2 aliphatic rings. The molecule has 134 valence electrons. The van der Waals surface area contributed by atoms with E-state index in [-0.39, 0.29) is 12.3 Å². The summed E-state index contributed by atoms with van der Waals surface area (Å²) in [5.41, 5.74) is 1.16. The van der Waals surface area contributed by atoms with Crippen LogP contribution in [-0.2, 0) is 17.9 Å². The van der Waals surface area contributed by atoms with Crippen LogP contribution in [0, 0.1) is 0 Å². The molecule has 0 radical (unpaired) electrons. The molecule has 0 bridgehead atoms. The number of aryl methyl sites for hydroxylation is 1. The molecule has 24 heavy (non-hydrogen) atoms. The van der Waals surface area contributed by atoms with E-state index in [0.717, 1.165) is 38.2 Å². The Labute approximate surface area is 140 Å². The first-order chi connectivity index (χ1) is 11.5. The number of hydrogen-bond donors (Lipinski definition) is 1. The van der Waals surface area contributed by atoms with Gasteiger partial charge in [0.05, 0.1) is 18.8 Å². The van der Waals surface area contributed by atoms with Crippen LogP contribution in [0.5, 0.6) is 0 Å². The lowest BCUT2D eigenvalue weighted by Crippen LogP contribution is -2.45. The highest BCUT2D eigenvalue weighted by molar-refractivity contribution is 5.82. The Balaban J connectivity index is 1.52. The highest BCUT2D eigenvalue weighted by Crippen LogP contribution is 2.26. The second-order valence-corrected chi connectivity index (χ2v) is 6.65. The molecule has 6 nitrogen and oxygen atoms in total. The Kier molecular flexibility index (Phi) is 5.15. The van der Waals surface area contributed by atoms with Crippen LogP contribution >= 0.6 is 0 Å². The molecule has 1 N–H and O–H groups in total. The van der Waals surface area contributed by atoms with Crippen LogP contribution in [0.25, 0.3) is 0 Å². The third-order valence-corrected chi connectivity index (χ3v) is 4.73. The predicted octanol–water partition coefficient (Wildman–Crippen LogP) is 0.935. The van der Waals surface area contributed by atoms with Gasteiger partial charge < -0.3 is 4.90 Å². The van der Waals surface area contributed by atoms with Gasteiger partial charge in [0.15, 0.2) is 0 Å². The standard InChI is InChI=1S/C16H25F2N5O/c1-2-23-11-13(9-20-23)10-21-4-3-5-22(7-6-21)15(24)14-8-16(17,18)12-19-14/h9,11,14,19H,2-8,10,12H2,1H3. The van der Waals surface area contributed by atoms with Gasteiger partial charge in [-0.25, -0.2) is 8.78 Å². The molecule has 1 amide bonds. The predicted molar refractivity (Wildman–Crippen MR) is 85.7 cm³/mol. The molecule has 1 unspecified atom stereocenters. The van der Waals surface area contributed by atoms with Crippen molar-refractivity contribution in [2.45, 2.75) is 44.8 Å². The average molecular weight is 341 g/mol. The Morgan fingerprint density at radius 3 is 2.88 bits per heavy atom. The van der Waals surface area contributed by atoms with E-state index in [1.165, 1.54) is 0 Å². The first-order valence-corrected chi connectivity index (χ1v) is 8.60. The molecule has 0 aromatic carbocycles. The van der Waals surface area contributed by atoms with Gasteiger partial charge in [-0.05, 0) is 13.3 Å². The van der Waals surface area contributed by atoms with Gasteiger partial charge in [0.2, 0.25) is 5.91 Å². The van der Waals surface area contributed by atoms with E-state index in [1.54, 1.807) is 4.90 Å². The van der Waals surface area contributed by atoms with Gasteiger partial charge in [-0.15, -0.1) is 0 Å². The number of rotatable bonds is 4. The maximum atomic E-state index is 13.3. The number of amides is 1. The number of halogens is 2. The number of aromatic nitrogens is 2. The Morgan fingerprint density at radius 1 is 1.38 bits per heavy atom. The number of nitrogens with one attached hydrogen (secondary N) is 1. The molecular formula is C16H25F2N5O. The summed E-state index contributed by atoms with van der Waals surface area (Å²) in [7, 11) is 0. The Bertz CT molecular complexity index is 577. The van der Waals surface area contributed by atoms with E-state index in [0.29, 0.717) is 13.1 Å². The van der Waals surface area contributed by atoms with Crippen molar-refractivity contribution >= 4 is 5.91 Å². The second kappa shape index (κ2) is 7.14. The molecule has 1 aromatic heterocycles. The molecule has 0 spiro atoms. The monoisotopic (exact) mass is 341 g/mol. The van der Waals surface area contributed by atoms with Crippen molar-refractivity contribution in [3.63, 3.8) is 0 Å². The smallest absolute Gasteiger partial charge is 0.262 e. The summed E-state index contributed by atoms with van der Waals surface area (Å²) in [5, 5.41) is 6.94. The summed E-state index contributed by atoms with van der Waals surface area (Å²) < 4.78 is 28.5. The molecule has 1 aromatic rings. The molecule has 2 fully saturated rings. The second-order valence-electron chi connectivity index (χ2n) is 6.65. The molecule has 3 heterocycles. The maximum absolute atomic E-state index is 13.3. The summed E-state index contributed by atoms with van der Waals surface area (Å²) in [6.07, 6.45) is 4.39. The van der Waals surface area contributed by atoms with Gasteiger partial charge in [-0.1, -0.05) is 0 Å². The van der Waals surface area contributed by atoms with E-state index in [1.807, 2.05) is 24.0 Å². The van der Waals surface area contributed by atoms with E-state index in [9.17, 15) is 13.6 Å². The number of carbonyl (C=O) groups excluding carboxylic acids is 1. The highest BCUT2D eigenvalue weighted by atomic mass is 19.3. The van der Waals surface area contributed by atoms with Crippen molar-refractivity contribution in [2.24, 2.45) is 0 Å². The maximum Gasteiger partial charge on any atom is 0.262 e. The van der Waals surface area contributed by atoms with Crippen LogP contribution in [0.3, 0.4) is 0 Å². The fourth-order valence-electron chi connectivity index (χ4n) is 3.38. The van der Waals surface area contributed by atoms with E-state index < -0.39 is 18.5 Å². The van der Waals surface area contributed by atoms with Crippen LogP contribution in [0.15, 0.2) is 12.4 Å². The lowest BCUT2D eigenvalue weighted by molar-refractivity contribution is -0.133. The van der Waals surface area contributed by atoms with Gasteiger partial charge >= 0.3 is 0 Å². The molecule has 3 rings (SSSR count). The van der Waals surface area contributed by atoms with Crippen molar-refractivity contribution in [2.75, 3.05) is 32.7 Å². The van der Waals surface area contributed by atoms with Crippen molar-refractivity contribution in [1.82, 2.24) is 24.9 Å². The fraction of sp³-hybridized carbons (Fsp3) is 0.750. The van der Waals surface area contributed by atoms with E-state index in [4.69, 9.17) is 0 Å². The van der Waals surface area contributed by atoms with Crippen molar-refractivity contribution in [1.29, 1.82) is 0 Å². The molecule has 0 saturated carbocycles. The van der Waals surface area contributed by atoms with Crippen molar-refractivity contribution < 1.29 is 13.6 Å². The third kappa shape index (κ3) is 4.10. The molecule has 2 saturated heterocycles. The SMILES string of the molecule is CCn1cc(CN2CCCN(C(=O)C3CC(F)(F)CN3)CC2)cn1. The zero-order valence-electron chi connectivity index (χ0n) is 14.0. The zero-order chi connectivity index (χ0) is 17.2. The summed E-state index contributed by atoms with van der Waals surface area (Å²) >= 11 is 0. The van der Waals surface area contributed by atoms with Gasteiger partial charge in [0.25, 0.3) is 5.92 Å². The summed E-state index contributed by atoms with van der Waals surface area (Å²) in [6, 6.07) is -0.741. The summed E-state index contributed by atoms with van der Waals surface area (Å²) in [4.78, 5) is 16.5. The largest absolute Gasteiger partial charge is 0.340 e. The van der Waals surface area contributed by atoms with Crippen molar-refractivity contribution in [3.8, 4) is 0 Å². The number of alkyl halides is 2.